The molecular weight excluding hydrogens is 328 g/mol. The second kappa shape index (κ2) is 4.89. The van der Waals surface area contributed by atoms with Crippen LogP contribution in [0.5, 0.6) is 0 Å². The van der Waals surface area contributed by atoms with E-state index >= 15 is 0 Å². The molecule has 0 bridgehead atoms. The topological polar surface area (TPSA) is 72.2 Å². The first-order valence-electron chi connectivity index (χ1n) is 4.63. The molecule has 0 amide bonds. The molecule has 0 unspecified atom stereocenters. The van der Waals surface area contributed by atoms with E-state index in [1.165, 1.54) is 6.26 Å². The van der Waals surface area contributed by atoms with Crippen LogP contribution >= 0.6 is 27.3 Å². The van der Waals surface area contributed by atoms with E-state index in [1.807, 2.05) is 0 Å². The molecule has 2 rings (SSSR count). The number of nitrogens with zero attached hydrogens (tertiary/aromatic N) is 1. The Morgan fingerprint density at radius 1 is 1.53 bits per heavy atom. The molecule has 2 aromatic rings. The summed E-state index contributed by atoms with van der Waals surface area (Å²) < 4.78 is 32.2. The molecule has 0 aromatic carbocycles. The lowest BCUT2D eigenvalue weighted by atomic mass is 10.5. The zero-order chi connectivity index (χ0) is 12.5. The summed E-state index contributed by atoms with van der Waals surface area (Å²) in [5.74, 6) is 0.512. The lowest BCUT2D eigenvalue weighted by molar-refractivity contribution is 0.520. The van der Waals surface area contributed by atoms with E-state index in [9.17, 15) is 8.42 Å². The van der Waals surface area contributed by atoms with Crippen LogP contribution in [0.4, 0.5) is 0 Å². The van der Waals surface area contributed by atoms with E-state index in [2.05, 4.69) is 25.6 Å². The Labute approximate surface area is 111 Å². The number of halogens is 1. The van der Waals surface area contributed by atoms with Crippen LogP contribution in [0, 0.1) is 6.92 Å². The zero-order valence-corrected chi connectivity index (χ0v) is 12.0. The van der Waals surface area contributed by atoms with Gasteiger partial charge in [0.15, 0.2) is 5.89 Å². The second-order valence-corrected chi connectivity index (χ2v) is 7.70. The number of hydrogen-bond donors (Lipinski definition) is 1. The maximum Gasteiger partial charge on any atom is 0.250 e. The first kappa shape index (κ1) is 12.7. The van der Waals surface area contributed by atoms with Crippen molar-refractivity contribution in [3.05, 3.63) is 33.8 Å². The normalized spacial score (nSPS) is 11.9. The predicted molar refractivity (Wildman–Crippen MR) is 67.3 cm³/mol. The minimum Gasteiger partial charge on any atom is -0.449 e. The van der Waals surface area contributed by atoms with Gasteiger partial charge in [0.2, 0.25) is 10.0 Å². The van der Waals surface area contributed by atoms with Crippen molar-refractivity contribution in [2.45, 2.75) is 17.7 Å². The van der Waals surface area contributed by atoms with Crippen LogP contribution in [0.3, 0.4) is 0 Å². The third-order valence-corrected chi connectivity index (χ3v) is 5.44. The van der Waals surface area contributed by atoms with Crippen molar-refractivity contribution in [2.24, 2.45) is 0 Å². The molecule has 0 aliphatic rings. The van der Waals surface area contributed by atoms with Crippen LogP contribution in [-0.4, -0.2) is 13.4 Å². The quantitative estimate of drug-likeness (QED) is 0.929. The number of sulfonamides is 1. The van der Waals surface area contributed by atoms with Gasteiger partial charge in [-0.25, -0.2) is 18.1 Å². The minimum atomic E-state index is -3.47. The van der Waals surface area contributed by atoms with Crippen LogP contribution in [0.25, 0.3) is 0 Å². The molecule has 2 heterocycles. The first-order valence-corrected chi connectivity index (χ1v) is 7.72. The van der Waals surface area contributed by atoms with Gasteiger partial charge in [0.05, 0.1) is 16.0 Å². The van der Waals surface area contributed by atoms with Gasteiger partial charge in [-0.05, 0) is 28.1 Å². The molecule has 0 aliphatic carbocycles. The van der Waals surface area contributed by atoms with Crippen molar-refractivity contribution in [1.29, 1.82) is 0 Å². The van der Waals surface area contributed by atoms with Crippen molar-refractivity contribution in [3.63, 3.8) is 0 Å². The molecule has 17 heavy (non-hydrogen) atoms. The molecule has 0 radical (unpaired) electrons. The summed E-state index contributed by atoms with van der Waals surface area (Å²) in [6.07, 6.45) is 1.43. The van der Waals surface area contributed by atoms with Gasteiger partial charge >= 0.3 is 0 Å². The average Bonchev–Trinajstić information content (AvgIpc) is 2.85. The minimum absolute atomic E-state index is 0.120. The third kappa shape index (κ3) is 3.15. The molecule has 0 aliphatic heterocycles. The van der Waals surface area contributed by atoms with Crippen LogP contribution in [0.2, 0.25) is 0 Å². The van der Waals surface area contributed by atoms with E-state index in [0.29, 0.717) is 11.6 Å². The number of hydrogen-bond acceptors (Lipinski definition) is 5. The maximum atomic E-state index is 11.8. The van der Waals surface area contributed by atoms with Gasteiger partial charge in [0, 0.05) is 6.92 Å². The second-order valence-electron chi connectivity index (χ2n) is 3.24. The molecule has 0 atom stereocenters. The Morgan fingerprint density at radius 3 is 2.82 bits per heavy atom. The molecule has 8 heteroatoms. The van der Waals surface area contributed by atoms with Gasteiger partial charge < -0.3 is 4.42 Å². The summed E-state index contributed by atoms with van der Waals surface area (Å²) in [5.41, 5.74) is 0.557. The summed E-state index contributed by atoms with van der Waals surface area (Å²) >= 11 is 4.38. The Hall–Kier alpha value is -0.700. The summed E-state index contributed by atoms with van der Waals surface area (Å²) in [4.78, 5) is 4.01. The van der Waals surface area contributed by atoms with E-state index < -0.39 is 10.0 Å². The van der Waals surface area contributed by atoms with Crippen LogP contribution in [0.1, 0.15) is 11.6 Å². The largest absolute Gasteiger partial charge is 0.449 e. The van der Waals surface area contributed by atoms with Gasteiger partial charge in [0.1, 0.15) is 10.5 Å². The number of rotatable bonds is 4. The van der Waals surface area contributed by atoms with Gasteiger partial charge in [-0.1, -0.05) is 0 Å². The van der Waals surface area contributed by atoms with Crippen molar-refractivity contribution in [2.75, 3.05) is 0 Å². The summed E-state index contributed by atoms with van der Waals surface area (Å²) in [6.45, 7) is 1.82. The van der Waals surface area contributed by atoms with Crippen LogP contribution in [-0.2, 0) is 16.6 Å². The van der Waals surface area contributed by atoms with Gasteiger partial charge in [-0.15, -0.1) is 11.3 Å². The highest BCUT2D eigenvalue weighted by molar-refractivity contribution is 9.11. The van der Waals surface area contributed by atoms with Crippen LogP contribution in [0.15, 0.2) is 30.8 Å². The molecular formula is C9H9BrN2O3S2. The maximum absolute atomic E-state index is 11.8. The monoisotopic (exact) mass is 336 g/mol. The smallest absolute Gasteiger partial charge is 0.250 e. The van der Waals surface area contributed by atoms with Crippen molar-refractivity contribution < 1.29 is 12.8 Å². The van der Waals surface area contributed by atoms with E-state index in [4.69, 9.17) is 4.42 Å². The lowest BCUT2D eigenvalue weighted by Gasteiger charge is -2.01. The zero-order valence-electron chi connectivity index (χ0n) is 8.81. The number of oxazole rings is 1. The molecule has 0 spiro atoms. The van der Waals surface area contributed by atoms with Gasteiger partial charge in [-0.3, -0.25) is 0 Å². The van der Waals surface area contributed by atoms with Gasteiger partial charge in [0.25, 0.3) is 0 Å². The third-order valence-electron chi connectivity index (χ3n) is 1.92. The Bertz CT molecular complexity index is 618. The molecule has 2 aromatic heterocycles. The molecule has 1 N–H and O–H groups in total. The summed E-state index contributed by atoms with van der Waals surface area (Å²) in [5, 5.41) is 0. The predicted octanol–water partition coefficient (Wildman–Crippen LogP) is 2.29. The van der Waals surface area contributed by atoms with E-state index in [0.717, 1.165) is 15.1 Å². The fourth-order valence-electron chi connectivity index (χ4n) is 1.17. The number of aromatic nitrogens is 1. The van der Waals surface area contributed by atoms with E-state index in [1.54, 1.807) is 19.1 Å². The molecule has 0 fully saturated rings. The van der Waals surface area contributed by atoms with Crippen molar-refractivity contribution in [3.8, 4) is 0 Å². The SMILES string of the molecule is Cc1nc(CNS(=O)(=O)c2ccc(Br)s2)co1. The summed E-state index contributed by atoms with van der Waals surface area (Å²) in [6, 6.07) is 3.24. The molecule has 0 saturated carbocycles. The average molecular weight is 337 g/mol. The molecule has 92 valence electrons. The van der Waals surface area contributed by atoms with Crippen molar-refractivity contribution >= 4 is 37.3 Å². The standard InChI is InChI=1S/C9H9BrN2O3S2/c1-6-12-7(5-15-6)4-11-17(13,14)9-3-2-8(10)16-9/h2-3,5,11H,4H2,1H3. The Balaban J connectivity index is 2.08. The number of aryl methyl sites for hydroxylation is 1. The summed E-state index contributed by atoms with van der Waals surface area (Å²) in [7, 11) is -3.47. The first-order chi connectivity index (χ1) is 7.97. The highest BCUT2D eigenvalue weighted by atomic mass is 79.9. The fourth-order valence-corrected chi connectivity index (χ4v) is 4.23. The van der Waals surface area contributed by atoms with E-state index in [-0.39, 0.29) is 10.8 Å². The van der Waals surface area contributed by atoms with Gasteiger partial charge in [-0.2, -0.15) is 0 Å². The Kier molecular flexibility index (Phi) is 3.67. The van der Waals surface area contributed by atoms with Crippen molar-refractivity contribution in [1.82, 2.24) is 9.71 Å². The Morgan fingerprint density at radius 2 is 2.29 bits per heavy atom. The molecule has 0 saturated heterocycles. The van der Waals surface area contributed by atoms with Crippen LogP contribution < -0.4 is 4.72 Å². The lowest BCUT2D eigenvalue weighted by Crippen LogP contribution is -2.22. The fraction of sp³-hybridized carbons (Fsp3) is 0.222. The number of thiophene rings is 1. The highest BCUT2D eigenvalue weighted by Crippen LogP contribution is 2.25. The highest BCUT2D eigenvalue weighted by Gasteiger charge is 2.16. The number of nitrogens with one attached hydrogen (secondary N) is 1. The molecule has 5 nitrogen and oxygen atoms in total.